The molecule has 0 aliphatic carbocycles. The highest BCUT2D eigenvalue weighted by molar-refractivity contribution is 9.11. The lowest BCUT2D eigenvalue weighted by molar-refractivity contribution is 0.563. The van der Waals surface area contributed by atoms with Gasteiger partial charge >= 0.3 is 0 Å². The van der Waals surface area contributed by atoms with Gasteiger partial charge in [0.05, 0.1) is 0 Å². The van der Waals surface area contributed by atoms with Crippen molar-refractivity contribution in [3.8, 4) is 11.3 Å². The van der Waals surface area contributed by atoms with Crippen molar-refractivity contribution < 1.29 is 4.42 Å². The van der Waals surface area contributed by atoms with Gasteiger partial charge in [-0.1, -0.05) is 45.7 Å². The number of oxazole rings is 1. The molecule has 5 heteroatoms. The van der Waals surface area contributed by atoms with E-state index in [1.165, 1.54) is 6.39 Å². The Kier molecular flexibility index (Phi) is 4.59. The minimum atomic E-state index is 0.420. The Hall–Kier alpha value is -0.650. The van der Waals surface area contributed by atoms with E-state index >= 15 is 0 Å². The molecule has 0 saturated carbocycles. The first-order valence-electron chi connectivity index (χ1n) is 5.68. The Labute approximate surface area is 123 Å². The van der Waals surface area contributed by atoms with Gasteiger partial charge in [-0.3, -0.25) is 0 Å². The zero-order valence-corrected chi connectivity index (χ0v) is 13.4. The Morgan fingerprint density at radius 2 is 1.89 bits per heavy atom. The highest BCUT2D eigenvalue weighted by Crippen LogP contribution is 2.29. The molecule has 0 atom stereocenters. The Morgan fingerprint density at radius 1 is 1.22 bits per heavy atom. The van der Waals surface area contributed by atoms with Crippen LogP contribution in [0.15, 0.2) is 38.0 Å². The summed E-state index contributed by atoms with van der Waals surface area (Å²) in [7, 11) is 0. The summed E-state index contributed by atoms with van der Waals surface area (Å²) in [5.74, 6) is 0.810. The summed E-state index contributed by atoms with van der Waals surface area (Å²) in [6, 6.07) is 6.45. The van der Waals surface area contributed by atoms with Crippen molar-refractivity contribution >= 4 is 31.9 Å². The molecule has 0 saturated heterocycles. The van der Waals surface area contributed by atoms with E-state index in [0.29, 0.717) is 12.6 Å². The van der Waals surface area contributed by atoms with Crippen molar-refractivity contribution in [1.29, 1.82) is 0 Å². The maximum Gasteiger partial charge on any atom is 0.181 e. The van der Waals surface area contributed by atoms with Crippen molar-refractivity contribution in [1.82, 2.24) is 10.3 Å². The predicted molar refractivity (Wildman–Crippen MR) is 79.3 cm³/mol. The Morgan fingerprint density at radius 3 is 2.50 bits per heavy atom. The smallest absolute Gasteiger partial charge is 0.181 e. The molecular weight excluding hydrogens is 360 g/mol. The van der Waals surface area contributed by atoms with Crippen LogP contribution < -0.4 is 5.32 Å². The number of benzene rings is 1. The van der Waals surface area contributed by atoms with Crippen molar-refractivity contribution in [2.45, 2.75) is 26.4 Å². The first-order chi connectivity index (χ1) is 8.56. The van der Waals surface area contributed by atoms with Crippen molar-refractivity contribution in [3.05, 3.63) is 39.2 Å². The van der Waals surface area contributed by atoms with Gasteiger partial charge in [-0.15, -0.1) is 0 Å². The van der Waals surface area contributed by atoms with E-state index in [4.69, 9.17) is 4.42 Å². The summed E-state index contributed by atoms with van der Waals surface area (Å²) in [6.45, 7) is 4.92. The molecule has 0 radical (unpaired) electrons. The lowest BCUT2D eigenvalue weighted by Gasteiger charge is -2.07. The van der Waals surface area contributed by atoms with Gasteiger partial charge in [-0.2, -0.15) is 0 Å². The van der Waals surface area contributed by atoms with E-state index in [0.717, 1.165) is 26.0 Å². The van der Waals surface area contributed by atoms with E-state index in [2.05, 4.69) is 56.0 Å². The molecule has 0 fully saturated rings. The maximum absolute atomic E-state index is 5.50. The summed E-state index contributed by atoms with van der Waals surface area (Å²) in [5.41, 5.74) is 1.93. The standard InChI is InChI=1S/C13H14Br2N2O/c1-8(2)16-6-12-13(18-7-17-12)9-3-10(14)5-11(15)4-9/h3-5,7-8,16H,6H2,1-2H3. The lowest BCUT2D eigenvalue weighted by Crippen LogP contribution is -2.22. The Balaban J connectivity index is 2.30. The van der Waals surface area contributed by atoms with Crippen LogP contribution in [0.3, 0.4) is 0 Å². The molecular formula is C13H14Br2N2O. The SMILES string of the molecule is CC(C)NCc1ncoc1-c1cc(Br)cc(Br)c1. The van der Waals surface area contributed by atoms with Crippen LogP contribution in [-0.2, 0) is 6.54 Å². The largest absolute Gasteiger partial charge is 0.443 e. The van der Waals surface area contributed by atoms with Crippen molar-refractivity contribution in [3.63, 3.8) is 0 Å². The average Bonchev–Trinajstić information content (AvgIpc) is 2.72. The third-order valence-corrected chi connectivity index (χ3v) is 3.36. The van der Waals surface area contributed by atoms with Gasteiger partial charge in [-0.05, 0) is 18.2 Å². The topological polar surface area (TPSA) is 38.1 Å². The fourth-order valence-electron chi connectivity index (χ4n) is 1.62. The summed E-state index contributed by atoms with van der Waals surface area (Å²) in [5, 5.41) is 3.34. The summed E-state index contributed by atoms with van der Waals surface area (Å²) in [4.78, 5) is 4.26. The molecule has 0 bridgehead atoms. The fourth-order valence-corrected chi connectivity index (χ4v) is 2.91. The van der Waals surface area contributed by atoms with Gasteiger partial charge < -0.3 is 9.73 Å². The van der Waals surface area contributed by atoms with Crippen LogP contribution in [0.2, 0.25) is 0 Å². The van der Waals surface area contributed by atoms with Crippen LogP contribution in [0.5, 0.6) is 0 Å². The minimum absolute atomic E-state index is 0.420. The molecule has 18 heavy (non-hydrogen) atoms. The third-order valence-electron chi connectivity index (χ3n) is 2.44. The van der Waals surface area contributed by atoms with Crippen LogP contribution in [0.25, 0.3) is 11.3 Å². The molecule has 0 aliphatic heterocycles. The zero-order chi connectivity index (χ0) is 13.1. The molecule has 2 aromatic rings. The molecule has 3 nitrogen and oxygen atoms in total. The van der Waals surface area contributed by atoms with Gasteiger partial charge in [0.1, 0.15) is 5.69 Å². The van der Waals surface area contributed by atoms with Gasteiger partial charge in [0.25, 0.3) is 0 Å². The second-order valence-electron chi connectivity index (χ2n) is 4.32. The molecule has 0 unspecified atom stereocenters. The molecule has 0 spiro atoms. The molecule has 0 amide bonds. The quantitative estimate of drug-likeness (QED) is 0.864. The van der Waals surface area contributed by atoms with Crippen molar-refractivity contribution in [2.75, 3.05) is 0 Å². The summed E-state index contributed by atoms with van der Waals surface area (Å²) in [6.07, 6.45) is 1.49. The Bertz CT molecular complexity index is 517. The van der Waals surface area contributed by atoms with E-state index in [1.54, 1.807) is 0 Å². The van der Waals surface area contributed by atoms with Gasteiger partial charge in [0.2, 0.25) is 0 Å². The van der Waals surface area contributed by atoms with Crippen molar-refractivity contribution in [2.24, 2.45) is 0 Å². The number of rotatable bonds is 4. The molecule has 0 aliphatic rings. The average molecular weight is 374 g/mol. The second-order valence-corrected chi connectivity index (χ2v) is 6.15. The molecule has 2 rings (SSSR count). The van der Waals surface area contributed by atoms with Gasteiger partial charge in [0, 0.05) is 27.1 Å². The van der Waals surface area contributed by atoms with Crippen LogP contribution in [0.1, 0.15) is 19.5 Å². The summed E-state index contributed by atoms with van der Waals surface area (Å²) >= 11 is 6.96. The number of halogens is 2. The number of hydrogen-bond donors (Lipinski definition) is 1. The summed E-state index contributed by atoms with van der Waals surface area (Å²) < 4.78 is 7.51. The number of nitrogens with one attached hydrogen (secondary N) is 1. The number of aromatic nitrogens is 1. The monoisotopic (exact) mass is 372 g/mol. The lowest BCUT2D eigenvalue weighted by atomic mass is 10.1. The first kappa shape index (κ1) is 13.8. The van der Waals surface area contributed by atoms with Crippen LogP contribution in [0.4, 0.5) is 0 Å². The minimum Gasteiger partial charge on any atom is -0.443 e. The molecule has 1 N–H and O–H groups in total. The molecule has 1 aromatic heterocycles. The second kappa shape index (κ2) is 5.99. The van der Waals surface area contributed by atoms with E-state index in [-0.39, 0.29) is 0 Å². The highest BCUT2D eigenvalue weighted by atomic mass is 79.9. The van der Waals surface area contributed by atoms with E-state index in [1.807, 2.05) is 18.2 Å². The maximum atomic E-state index is 5.50. The fraction of sp³-hybridized carbons (Fsp3) is 0.308. The molecule has 96 valence electrons. The van der Waals surface area contributed by atoms with Gasteiger partial charge in [-0.25, -0.2) is 4.98 Å². The normalized spacial score (nSPS) is 11.2. The van der Waals surface area contributed by atoms with Crippen LogP contribution in [0, 0.1) is 0 Å². The zero-order valence-electron chi connectivity index (χ0n) is 10.2. The molecule has 1 aromatic carbocycles. The van der Waals surface area contributed by atoms with Gasteiger partial charge in [0.15, 0.2) is 12.2 Å². The first-order valence-corrected chi connectivity index (χ1v) is 7.27. The number of nitrogens with zero attached hydrogens (tertiary/aromatic N) is 1. The van der Waals surface area contributed by atoms with E-state index in [9.17, 15) is 0 Å². The van der Waals surface area contributed by atoms with Crippen LogP contribution >= 0.6 is 31.9 Å². The highest BCUT2D eigenvalue weighted by Gasteiger charge is 2.12. The third kappa shape index (κ3) is 3.43. The molecule has 1 heterocycles. The predicted octanol–water partition coefficient (Wildman–Crippen LogP) is 4.36. The van der Waals surface area contributed by atoms with Crippen LogP contribution in [-0.4, -0.2) is 11.0 Å². The number of hydrogen-bond acceptors (Lipinski definition) is 3. The van der Waals surface area contributed by atoms with E-state index < -0.39 is 0 Å².